The number of aliphatic hydroxyl groups excluding tert-OH is 2. The number of aliphatic hydroxyl groups is 2. The highest BCUT2D eigenvalue weighted by atomic mass is 16.5. The van der Waals surface area contributed by atoms with Gasteiger partial charge in [0.25, 0.3) is 5.56 Å². The Balaban J connectivity index is 2.15. The third-order valence-corrected chi connectivity index (χ3v) is 3.27. The highest BCUT2D eigenvalue weighted by molar-refractivity contribution is 5.70. The first-order valence-corrected chi connectivity index (χ1v) is 5.95. The number of H-pyrrole nitrogens is 2. The first kappa shape index (κ1) is 12.8. The van der Waals surface area contributed by atoms with Gasteiger partial charge < -0.3 is 20.7 Å². The van der Waals surface area contributed by atoms with Gasteiger partial charge in [0.1, 0.15) is 12.3 Å². The molecule has 0 saturated carbocycles. The lowest BCUT2D eigenvalue weighted by Gasteiger charge is -2.12. The van der Waals surface area contributed by atoms with E-state index in [1.807, 2.05) is 0 Å². The molecule has 0 bridgehead atoms. The number of hydrogen-bond donors (Lipinski definition) is 5. The molecule has 3 rings (SSSR count). The fourth-order valence-corrected chi connectivity index (χ4v) is 2.33. The molecule has 0 amide bonds. The highest BCUT2D eigenvalue weighted by Crippen LogP contribution is 2.28. The van der Waals surface area contributed by atoms with E-state index in [0.29, 0.717) is 0 Å². The van der Waals surface area contributed by atoms with E-state index in [-0.39, 0.29) is 30.1 Å². The Morgan fingerprint density at radius 3 is 2.85 bits per heavy atom. The minimum absolute atomic E-state index is 0.0188. The average molecular weight is 286 g/mol. The molecule has 3 heterocycles. The number of hydrogen-bond acceptors (Lipinski definition) is 7. The van der Waals surface area contributed by atoms with Crippen molar-refractivity contribution in [2.45, 2.75) is 24.9 Å². The molecule has 1 fully saturated rings. The van der Waals surface area contributed by atoms with Crippen LogP contribution >= 0.6 is 0 Å². The van der Waals surface area contributed by atoms with Gasteiger partial charge in [-0.3, -0.25) is 14.8 Å². The molecule has 1 aliphatic rings. The van der Waals surface area contributed by atoms with Gasteiger partial charge in [-0.1, -0.05) is 0 Å². The molecule has 2 aromatic rings. The lowest BCUT2D eigenvalue weighted by Crippen LogP contribution is -2.25. The van der Waals surface area contributed by atoms with E-state index >= 15 is 0 Å². The first-order chi connectivity index (χ1) is 9.51. The van der Waals surface area contributed by atoms with Gasteiger partial charge in [0.05, 0.1) is 12.7 Å². The van der Waals surface area contributed by atoms with Crippen LogP contribution in [0.1, 0.15) is 12.6 Å². The molecule has 10 heteroatoms. The maximum Gasteiger partial charge on any atom is 0.329 e. The summed E-state index contributed by atoms with van der Waals surface area (Å²) >= 11 is 0. The van der Waals surface area contributed by atoms with Gasteiger partial charge in [-0.05, 0) is 0 Å². The number of ether oxygens (including phenoxy) is 1. The Labute approximate surface area is 110 Å². The lowest BCUT2D eigenvalue weighted by atomic mass is 10.2. The fraction of sp³-hybridized carbons (Fsp3) is 0.500. The molecule has 20 heavy (non-hydrogen) atoms. The number of nitrogens with one attached hydrogen (secondary N) is 2. The summed E-state index contributed by atoms with van der Waals surface area (Å²) in [6, 6.07) is 0. The van der Waals surface area contributed by atoms with Crippen molar-refractivity contribution >= 4 is 17.1 Å². The van der Waals surface area contributed by atoms with Gasteiger partial charge in [0.2, 0.25) is 5.95 Å². The van der Waals surface area contributed by atoms with Crippen LogP contribution in [0.25, 0.3) is 11.2 Å². The normalized spacial score (nSPS) is 26.4. The molecule has 3 atom stereocenters. The third kappa shape index (κ3) is 1.81. The number of nitrogens with zero attached hydrogens (tertiary/aromatic N) is 2. The highest BCUT2D eigenvalue weighted by Gasteiger charge is 2.36. The molecule has 0 unspecified atom stereocenters. The minimum atomic E-state index is -0.902. The summed E-state index contributed by atoms with van der Waals surface area (Å²) in [7, 11) is 0. The van der Waals surface area contributed by atoms with Crippen molar-refractivity contribution in [3.05, 3.63) is 20.8 Å². The van der Waals surface area contributed by atoms with E-state index in [4.69, 9.17) is 15.6 Å². The number of imidazole rings is 1. The van der Waals surface area contributed by atoms with Gasteiger partial charge in [0.15, 0.2) is 11.2 Å². The smallest absolute Gasteiger partial charge is 0.329 e. The molecular weight excluding hydrogens is 273 g/mol. The molecule has 0 aliphatic carbocycles. The summed E-state index contributed by atoms with van der Waals surface area (Å²) in [5.41, 5.74) is 4.32. The number of anilines is 1. The Bertz CT molecular complexity index is 761. The summed E-state index contributed by atoms with van der Waals surface area (Å²) in [5.74, 6) is -0.132. The van der Waals surface area contributed by atoms with Crippen LogP contribution < -0.4 is 17.0 Å². The number of nitrogens with two attached hydrogens (primary N) is 1. The molecule has 1 saturated heterocycles. The van der Waals surface area contributed by atoms with E-state index in [1.54, 1.807) is 0 Å². The quantitative estimate of drug-likeness (QED) is 0.386. The third-order valence-electron chi connectivity index (χ3n) is 3.27. The van der Waals surface area contributed by atoms with Crippen LogP contribution in [-0.4, -0.2) is 48.5 Å². The van der Waals surface area contributed by atoms with Crippen molar-refractivity contribution in [1.82, 2.24) is 19.5 Å². The van der Waals surface area contributed by atoms with Crippen LogP contribution in [-0.2, 0) is 4.74 Å². The standard InChI is InChI=1S/C10H13N5O5/c11-9-13-7-6(8(18)14-9)12-10(19)15(7)5-1-3(17)4(2-16)20-5/h3-5,16-17H,1-2H2,(H,12,19)(H3,11,13,14,18)/t3-,4+,5+/m0/s1/i9+1,11+1,14+1. The average Bonchev–Trinajstić information content (AvgIpc) is 2.89. The van der Waals surface area contributed by atoms with E-state index in [2.05, 4.69) is 15.0 Å². The van der Waals surface area contributed by atoms with Gasteiger partial charge in [0, 0.05) is 6.42 Å². The van der Waals surface area contributed by atoms with Crippen molar-refractivity contribution in [1.29, 1.82) is 0 Å². The number of aromatic nitrogens is 4. The summed E-state index contributed by atoms with van der Waals surface area (Å²) < 4.78 is 6.50. The molecule has 0 aromatic carbocycles. The second-order valence-corrected chi connectivity index (χ2v) is 4.56. The number of rotatable bonds is 2. The van der Waals surface area contributed by atoms with Gasteiger partial charge in [-0.25, -0.2) is 9.36 Å². The Morgan fingerprint density at radius 1 is 1.45 bits per heavy atom. The zero-order valence-electron chi connectivity index (χ0n) is 10.2. The summed E-state index contributed by atoms with van der Waals surface area (Å²) in [6.45, 7) is -0.370. The molecular formula is C10H13N5O5. The van der Waals surface area contributed by atoms with E-state index < -0.39 is 29.7 Å². The second-order valence-electron chi connectivity index (χ2n) is 4.56. The molecule has 10 nitrogen and oxygen atoms in total. The van der Waals surface area contributed by atoms with Crippen LogP contribution in [0.15, 0.2) is 9.59 Å². The molecule has 0 radical (unpaired) electrons. The molecule has 0 spiro atoms. The van der Waals surface area contributed by atoms with Crippen LogP contribution in [0.2, 0.25) is 0 Å². The second kappa shape index (κ2) is 4.44. The molecule has 1 aliphatic heterocycles. The number of aromatic amines is 2. The maximum atomic E-state index is 11.9. The van der Waals surface area contributed by atoms with Crippen LogP contribution in [0.5, 0.6) is 0 Å². The van der Waals surface area contributed by atoms with Crippen molar-refractivity contribution in [2.24, 2.45) is 0 Å². The Hall–Kier alpha value is -2.17. The van der Waals surface area contributed by atoms with Crippen molar-refractivity contribution in [3.8, 4) is 0 Å². The first-order valence-electron chi connectivity index (χ1n) is 5.95. The largest absolute Gasteiger partial charge is 0.394 e. The van der Waals surface area contributed by atoms with Crippen molar-refractivity contribution < 1.29 is 14.9 Å². The predicted molar refractivity (Wildman–Crippen MR) is 67.0 cm³/mol. The topological polar surface area (TPSA) is 159 Å². The lowest BCUT2D eigenvalue weighted by molar-refractivity contribution is -0.0441. The van der Waals surface area contributed by atoms with Gasteiger partial charge in [-0.2, -0.15) is 4.98 Å². The predicted octanol–water partition coefficient (Wildman–Crippen LogP) is -2.36. The summed E-state index contributed by atoms with van der Waals surface area (Å²) in [4.78, 5) is 32.2. The van der Waals surface area contributed by atoms with Crippen LogP contribution in [0.4, 0.5) is 5.95 Å². The number of nitrogen functional groups attached to an aromatic ring is 1. The van der Waals surface area contributed by atoms with E-state index in [9.17, 15) is 14.7 Å². The zero-order valence-corrected chi connectivity index (χ0v) is 10.2. The van der Waals surface area contributed by atoms with E-state index in [1.165, 1.54) is 0 Å². The summed E-state index contributed by atoms with van der Waals surface area (Å²) in [5, 5.41) is 18.8. The van der Waals surface area contributed by atoms with Gasteiger partial charge >= 0.3 is 5.69 Å². The van der Waals surface area contributed by atoms with E-state index in [0.717, 1.165) is 4.57 Å². The number of fused-ring (bicyclic) bond motifs is 1. The van der Waals surface area contributed by atoms with Crippen molar-refractivity contribution in [3.63, 3.8) is 0 Å². The fourth-order valence-electron chi connectivity index (χ4n) is 2.33. The maximum absolute atomic E-state index is 11.9. The Morgan fingerprint density at radius 2 is 2.20 bits per heavy atom. The SMILES string of the molecule is [15NH2][13c]1nc2c([nH]c(=O)n2[C@H]2C[C@H](O)[C@@H](CO)O2)c(=O)[15nH]1. The summed E-state index contributed by atoms with van der Waals surface area (Å²) in [6.07, 6.45) is -2.40. The molecule has 2 aromatic heterocycles. The monoisotopic (exact) mass is 286 g/mol. The minimum Gasteiger partial charge on any atom is -0.394 e. The molecule has 108 valence electrons. The molecule has 6 N–H and O–H groups in total. The Kier molecular flexibility index (Phi) is 2.85. The zero-order chi connectivity index (χ0) is 14.4. The van der Waals surface area contributed by atoms with Crippen molar-refractivity contribution in [2.75, 3.05) is 12.3 Å². The van der Waals surface area contributed by atoms with Crippen LogP contribution in [0.3, 0.4) is 0 Å². The van der Waals surface area contributed by atoms with Crippen LogP contribution in [0, 0.1) is 0 Å². The van der Waals surface area contributed by atoms with Gasteiger partial charge in [-0.15, -0.1) is 0 Å².